The number of aromatic nitrogens is 3. The zero-order chi connectivity index (χ0) is 20.5. The Labute approximate surface area is 169 Å². The number of rotatable bonds is 8. The van der Waals surface area contributed by atoms with Crippen LogP contribution in [0.3, 0.4) is 0 Å². The van der Waals surface area contributed by atoms with Gasteiger partial charge in [0.2, 0.25) is 5.91 Å². The Bertz CT molecular complexity index is 982. The van der Waals surface area contributed by atoms with Crippen LogP contribution in [0, 0.1) is 0 Å². The highest BCUT2D eigenvalue weighted by atomic mass is 16.5. The molecule has 29 heavy (non-hydrogen) atoms. The Morgan fingerprint density at radius 2 is 2.00 bits per heavy atom. The van der Waals surface area contributed by atoms with E-state index in [-0.39, 0.29) is 24.8 Å². The van der Waals surface area contributed by atoms with Crippen LogP contribution in [0.15, 0.2) is 67.1 Å². The SMILES string of the molecule is COC(=O)CCNC(=O)/C=C/c1cn(Cc2ccccc2)nc1-c1cccnc1. The zero-order valence-corrected chi connectivity index (χ0v) is 16.1. The van der Waals surface area contributed by atoms with Gasteiger partial charge in [-0.25, -0.2) is 0 Å². The van der Waals surface area contributed by atoms with E-state index in [0.717, 1.165) is 22.4 Å². The van der Waals surface area contributed by atoms with Gasteiger partial charge in [0, 0.05) is 42.3 Å². The third kappa shape index (κ3) is 5.87. The molecule has 0 saturated heterocycles. The minimum Gasteiger partial charge on any atom is -0.469 e. The summed E-state index contributed by atoms with van der Waals surface area (Å²) in [6.45, 7) is 0.839. The number of carbonyl (C=O) groups excluding carboxylic acids is 2. The highest BCUT2D eigenvalue weighted by Crippen LogP contribution is 2.22. The fourth-order valence-electron chi connectivity index (χ4n) is 2.75. The summed E-state index contributed by atoms with van der Waals surface area (Å²) in [5.74, 6) is -0.655. The Hall–Kier alpha value is -3.74. The first kappa shape index (κ1) is 20.0. The molecule has 7 nitrogen and oxygen atoms in total. The number of nitrogens with one attached hydrogen (secondary N) is 1. The lowest BCUT2D eigenvalue weighted by Crippen LogP contribution is -2.24. The molecule has 0 radical (unpaired) electrons. The molecule has 148 valence electrons. The fourth-order valence-corrected chi connectivity index (χ4v) is 2.75. The molecule has 0 spiro atoms. The first-order chi connectivity index (χ1) is 14.2. The van der Waals surface area contributed by atoms with Crippen LogP contribution in [-0.4, -0.2) is 40.3 Å². The Morgan fingerprint density at radius 1 is 1.17 bits per heavy atom. The van der Waals surface area contributed by atoms with E-state index in [1.54, 1.807) is 18.5 Å². The number of nitrogens with zero attached hydrogens (tertiary/aromatic N) is 3. The fraction of sp³-hybridized carbons (Fsp3) is 0.182. The summed E-state index contributed by atoms with van der Waals surface area (Å²) in [6, 6.07) is 13.8. The highest BCUT2D eigenvalue weighted by molar-refractivity contribution is 5.92. The summed E-state index contributed by atoms with van der Waals surface area (Å²) in [4.78, 5) is 27.3. The Balaban J connectivity index is 1.77. The van der Waals surface area contributed by atoms with Gasteiger partial charge in [-0.15, -0.1) is 0 Å². The molecular formula is C22H22N4O3. The molecule has 2 heterocycles. The highest BCUT2D eigenvalue weighted by Gasteiger charge is 2.10. The summed E-state index contributed by atoms with van der Waals surface area (Å²) in [5, 5.41) is 7.34. The van der Waals surface area contributed by atoms with Crippen LogP contribution in [0.5, 0.6) is 0 Å². The summed E-state index contributed by atoms with van der Waals surface area (Å²) < 4.78 is 6.39. The maximum atomic E-state index is 12.0. The van der Waals surface area contributed by atoms with Crippen molar-refractivity contribution in [2.75, 3.05) is 13.7 Å². The second-order valence-corrected chi connectivity index (χ2v) is 6.31. The predicted molar refractivity (Wildman–Crippen MR) is 110 cm³/mol. The smallest absolute Gasteiger partial charge is 0.307 e. The molecule has 0 atom stereocenters. The number of ether oxygens (including phenoxy) is 1. The first-order valence-electron chi connectivity index (χ1n) is 9.20. The molecule has 1 aromatic carbocycles. The number of pyridine rings is 1. The van der Waals surface area contributed by atoms with Crippen molar-refractivity contribution in [1.82, 2.24) is 20.1 Å². The van der Waals surface area contributed by atoms with Crippen molar-refractivity contribution in [1.29, 1.82) is 0 Å². The van der Waals surface area contributed by atoms with E-state index >= 15 is 0 Å². The van der Waals surface area contributed by atoms with Gasteiger partial charge in [0.1, 0.15) is 5.69 Å². The molecule has 7 heteroatoms. The van der Waals surface area contributed by atoms with Crippen molar-refractivity contribution in [3.8, 4) is 11.3 Å². The van der Waals surface area contributed by atoms with Crippen molar-refractivity contribution in [2.24, 2.45) is 0 Å². The molecule has 0 aliphatic heterocycles. The average molecular weight is 390 g/mol. The van der Waals surface area contributed by atoms with E-state index in [4.69, 9.17) is 0 Å². The number of esters is 1. The predicted octanol–water partition coefficient (Wildman–Crippen LogP) is 2.69. The minimum absolute atomic E-state index is 0.131. The van der Waals surface area contributed by atoms with E-state index in [1.165, 1.54) is 13.2 Å². The lowest BCUT2D eigenvalue weighted by atomic mass is 10.1. The number of hydrogen-bond acceptors (Lipinski definition) is 5. The van der Waals surface area contributed by atoms with Gasteiger partial charge in [0.15, 0.2) is 0 Å². The molecule has 3 aromatic rings. The zero-order valence-electron chi connectivity index (χ0n) is 16.1. The first-order valence-corrected chi connectivity index (χ1v) is 9.20. The summed E-state index contributed by atoms with van der Waals surface area (Å²) >= 11 is 0. The molecule has 0 aliphatic carbocycles. The number of methoxy groups -OCH3 is 1. The molecule has 3 rings (SSSR count). The maximum Gasteiger partial charge on any atom is 0.307 e. The molecule has 0 bridgehead atoms. The van der Waals surface area contributed by atoms with Gasteiger partial charge in [-0.05, 0) is 23.8 Å². The summed E-state index contributed by atoms with van der Waals surface area (Å²) in [6.07, 6.45) is 8.61. The monoisotopic (exact) mass is 390 g/mol. The molecule has 0 fully saturated rings. The lowest BCUT2D eigenvalue weighted by Gasteiger charge is -2.01. The quantitative estimate of drug-likeness (QED) is 0.472. The topological polar surface area (TPSA) is 86.1 Å². The van der Waals surface area contributed by atoms with Gasteiger partial charge >= 0.3 is 5.97 Å². The van der Waals surface area contributed by atoms with Crippen LogP contribution in [0.25, 0.3) is 17.3 Å². The van der Waals surface area contributed by atoms with Crippen molar-refractivity contribution < 1.29 is 14.3 Å². The van der Waals surface area contributed by atoms with E-state index in [0.29, 0.717) is 6.54 Å². The second kappa shape index (κ2) is 9.98. The minimum atomic E-state index is -0.365. The third-order valence-electron chi connectivity index (χ3n) is 4.18. The standard InChI is InChI=1S/C22H22N4O3/c1-29-21(28)11-13-24-20(27)10-9-19-16-26(15-17-6-3-2-4-7-17)25-22(19)18-8-5-12-23-14-18/h2-10,12,14,16H,11,13,15H2,1H3,(H,24,27)/b10-9+. The molecule has 0 aliphatic rings. The van der Waals surface area contributed by atoms with Gasteiger partial charge in [-0.2, -0.15) is 5.10 Å². The Morgan fingerprint density at radius 3 is 2.72 bits per heavy atom. The van der Waals surface area contributed by atoms with Gasteiger partial charge in [-0.3, -0.25) is 19.3 Å². The lowest BCUT2D eigenvalue weighted by molar-refractivity contribution is -0.140. The van der Waals surface area contributed by atoms with E-state index < -0.39 is 0 Å². The van der Waals surface area contributed by atoms with Crippen molar-refractivity contribution in [3.05, 3.63) is 78.3 Å². The molecular weight excluding hydrogens is 368 g/mol. The largest absolute Gasteiger partial charge is 0.469 e. The molecule has 1 N–H and O–H groups in total. The second-order valence-electron chi connectivity index (χ2n) is 6.31. The number of carbonyl (C=O) groups is 2. The number of hydrogen-bond donors (Lipinski definition) is 1. The Kier molecular flexibility index (Phi) is 6.89. The van der Waals surface area contributed by atoms with Crippen LogP contribution in [0.1, 0.15) is 17.5 Å². The van der Waals surface area contributed by atoms with Crippen LogP contribution < -0.4 is 5.32 Å². The van der Waals surface area contributed by atoms with Gasteiger partial charge in [-0.1, -0.05) is 30.3 Å². The molecule has 0 saturated carbocycles. The summed E-state index contributed by atoms with van der Waals surface area (Å²) in [7, 11) is 1.32. The molecule has 2 aromatic heterocycles. The third-order valence-corrected chi connectivity index (χ3v) is 4.18. The van der Waals surface area contributed by atoms with Gasteiger partial charge < -0.3 is 10.1 Å². The van der Waals surface area contributed by atoms with E-state index in [9.17, 15) is 9.59 Å². The summed E-state index contributed by atoms with van der Waals surface area (Å²) in [5.41, 5.74) is 3.54. The van der Waals surface area contributed by atoms with Crippen LogP contribution >= 0.6 is 0 Å². The van der Waals surface area contributed by atoms with Crippen LogP contribution in [0.2, 0.25) is 0 Å². The average Bonchev–Trinajstić information content (AvgIpc) is 3.16. The number of benzene rings is 1. The van der Waals surface area contributed by atoms with Gasteiger partial charge in [0.05, 0.1) is 20.1 Å². The number of amides is 1. The molecule has 1 amide bonds. The van der Waals surface area contributed by atoms with Crippen LogP contribution in [0.4, 0.5) is 0 Å². The van der Waals surface area contributed by atoms with E-state index in [1.807, 2.05) is 53.3 Å². The van der Waals surface area contributed by atoms with Crippen LogP contribution in [-0.2, 0) is 20.9 Å². The van der Waals surface area contributed by atoms with Crippen molar-refractivity contribution in [3.63, 3.8) is 0 Å². The van der Waals surface area contributed by atoms with Crippen molar-refractivity contribution in [2.45, 2.75) is 13.0 Å². The normalized spacial score (nSPS) is 10.8. The molecule has 0 unspecified atom stereocenters. The van der Waals surface area contributed by atoms with E-state index in [2.05, 4.69) is 20.1 Å². The van der Waals surface area contributed by atoms with Crippen molar-refractivity contribution >= 4 is 18.0 Å². The maximum absolute atomic E-state index is 12.0. The van der Waals surface area contributed by atoms with Gasteiger partial charge in [0.25, 0.3) is 0 Å².